The highest BCUT2D eigenvalue weighted by molar-refractivity contribution is 5.95. The van der Waals surface area contributed by atoms with E-state index in [1.54, 1.807) is 0 Å². The Hall–Kier alpha value is -3.37. The van der Waals surface area contributed by atoms with Crippen LogP contribution in [0, 0.1) is 0 Å². The molecule has 1 N–H and O–H groups in total. The van der Waals surface area contributed by atoms with Crippen LogP contribution in [0.2, 0.25) is 0 Å². The Morgan fingerprint density at radius 2 is 1.36 bits per heavy atom. The summed E-state index contributed by atoms with van der Waals surface area (Å²) in [6.07, 6.45) is 2.01. The van der Waals surface area contributed by atoms with Crippen molar-refractivity contribution in [1.29, 1.82) is 0 Å². The molecule has 0 saturated carbocycles. The highest BCUT2D eigenvalue weighted by Crippen LogP contribution is 2.32. The molecule has 0 heterocycles. The molecule has 4 heteroatoms. The summed E-state index contributed by atoms with van der Waals surface area (Å²) in [6, 6.07) is 28.4. The minimum Gasteiger partial charge on any atom is -0.492 e. The predicted octanol–water partition coefficient (Wildman–Crippen LogP) is 6.37. The van der Waals surface area contributed by atoms with Gasteiger partial charge in [0.1, 0.15) is 12.4 Å². The summed E-state index contributed by atoms with van der Waals surface area (Å²) in [5.41, 5.74) is 5.68. The molecule has 33 heavy (non-hydrogen) atoms. The first-order valence-electron chi connectivity index (χ1n) is 11.6. The van der Waals surface area contributed by atoms with Gasteiger partial charge in [0.15, 0.2) is 0 Å². The van der Waals surface area contributed by atoms with E-state index in [2.05, 4.69) is 65.7 Å². The first kappa shape index (κ1) is 24.3. The van der Waals surface area contributed by atoms with Crippen LogP contribution >= 0.6 is 0 Å². The normalized spacial score (nSPS) is 11.8. The van der Waals surface area contributed by atoms with Crippen molar-refractivity contribution in [2.24, 2.45) is 0 Å². The van der Waals surface area contributed by atoms with E-state index in [4.69, 9.17) is 4.74 Å². The van der Waals surface area contributed by atoms with Gasteiger partial charge in [-0.05, 0) is 73.5 Å². The molecule has 0 saturated heterocycles. The maximum atomic E-state index is 12.8. The van der Waals surface area contributed by atoms with Crippen molar-refractivity contribution in [2.45, 2.75) is 26.2 Å². The lowest BCUT2D eigenvalue weighted by Crippen LogP contribution is -2.19. The van der Waals surface area contributed by atoms with E-state index in [0.29, 0.717) is 19.4 Å². The fourth-order valence-electron chi connectivity index (χ4n) is 3.78. The SMILES string of the molecule is CC/C(=C(\CCC(=O)Nc1ccc(OCCN(C)C)cc1)c1ccccc1)c1ccccc1. The smallest absolute Gasteiger partial charge is 0.224 e. The minimum atomic E-state index is 0.00761. The minimum absolute atomic E-state index is 0.00761. The number of nitrogens with one attached hydrogen (secondary N) is 1. The molecule has 1 amide bonds. The molecule has 0 aliphatic carbocycles. The van der Waals surface area contributed by atoms with Crippen molar-refractivity contribution in [3.8, 4) is 5.75 Å². The molecule has 172 valence electrons. The summed E-state index contributed by atoms with van der Waals surface area (Å²) in [5.74, 6) is 0.813. The molecule has 0 fully saturated rings. The van der Waals surface area contributed by atoms with Crippen LogP contribution in [0.3, 0.4) is 0 Å². The van der Waals surface area contributed by atoms with Crippen molar-refractivity contribution in [3.63, 3.8) is 0 Å². The maximum Gasteiger partial charge on any atom is 0.224 e. The summed E-state index contributed by atoms with van der Waals surface area (Å²) in [7, 11) is 4.04. The highest BCUT2D eigenvalue weighted by Gasteiger charge is 2.13. The summed E-state index contributed by atoms with van der Waals surface area (Å²) in [5, 5.41) is 3.02. The molecular weight excluding hydrogens is 408 g/mol. The van der Waals surface area contributed by atoms with E-state index in [9.17, 15) is 4.79 Å². The Balaban J connectivity index is 1.67. The first-order chi connectivity index (χ1) is 16.1. The largest absolute Gasteiger partial charge is 0.492 e. The standard InChI is InChI=1S/C29H34N2O2/c1-4-27(23-11-7-5-8-12-23)28(24-13-9-6-10-14-24)19-20-29(32)30-25-15-17-26(18-16-25)33-22-21-31(2)3/h5-18H,4,19-22H2,1-3H3,(H,30,32)/b28-27-. The fourth-order valence-corrected chi connectivity index (χ4v) is 3.78. The van der Waals surface area contributed by atoms with E-state index in [0.717, 1.165) is 24.4 Å². The van der Waals surface area contributed by atoms with Gasteiger partial charge in [-0.25, -0.2) is 0 Å². The van der Waals surface area contributed by atoms with Crippen LogP contribution in [0.5, 0.6) is 5.75 Å². The van der Waals surface area contributed by atoms with Crippen molar-refractivity contribution in [1.82, 2.24) is 4.90 Å². The Kier molecular flexibility index (Phi) is 9.28. The second-order valence-corrected chi connectivity index (χ2v) is 8.27. The van der Waals surface area contributed by atoms with Crippen LogP contribution in [-0.2, 0) is 4.79 Å². The predicted molar refractivity (Wildman–Crippen MR) is 138 cm³/mol. The van der Waals surface area contributed by atoms with Gasteiger partial charge in [-0.15, -0.1) is 0 Å². The van der Waals surface area contributed by atoms with Gasteiger partial charge < -0.3 is 15.0 Å². The third-order valence-corrected chi connectivity index (χ3v) is 5.51. The number of ether oxygens (including phenoxy) is 1. The molecule has 0 bridgehead atoms. The number of nitrogens with zero attached hydrogens (tertiary/aromatic N) is 1. The highest BCUT2D eigenvalue weighted by atomic mass is 16.5. The number of anilines is 1. The zero-order valence-corrected chi connectivity index (χ0v) is 19.9. The lowest BCUT2D eigenvalue weighted by Gasteiger charge is -2.16. The Morgan fingerprint density at radius 1 is 0.788 bits per heavy atom. The van der Waals surface area contributed by atoms with E-state index >= 15 is 0 Å². The molecule has 3 rings (SSSR count). The number of allylic oxidation sites excluding steroid dienone is 2. The van der Waals surface area contributed by atoms with Gasteiger partial charge >= 0.3 is 0 Å². The second kappa shape index (κ2) is 12.6. The number of benzene rings is 3. The van der Waals surface area contributed by atoms with Crippen molar-refractivity contribution in [3.05, 3.63) is 96.1 Å². The van der Waals surface area contributed by atoms with Gasteiger partial charge in [0.2, 0.25) is 5.91 Å². The zero-order valence-electron chi connectivity index (χ0n) is 19.9. The summed E-state index contributed by atoms with van der Waals surface area (Å²) in [4.78, 5) is 14.8. The summed E-state index contributed by atoms with van der Waals surface area (Å²) >= 11 is 0. The van der Waals surface area contributed by atoms with Gasteiger partial charge in [-0.1, -0.05) is 67.6 Å². The molecular formula is C29H34N2O2. The van der Waals surface area contributed by atoms with E-state index in [-0.39, 0.29) is 5.91 Å². The second-order valence-electron chi connectivity index (χ2n) is 8.27. The molecule has 4 nitrogen and oxygen atoms in total. The number of hydrogen-bond donors (Lipinski definition) is 1. The van der Waals surface area contributed by atoms with Gasteiger partial charge in [-0.3, -0.25) is 4.79 Å². The molecule has 0 atom stereocenters. The van der Waals surface area contributed by atoms with Gasteiger partial charge in [0, 0.05) is 18.7 Å². The van der Waals surface area contributed by atoms with Gasteiger partial charge in [-0.2, -0.15) is 0 Å². The monoisotopic (exact) mass is 442 g/mol. The Morgan fingerprint density at radius 3 is 1.91 bits per heavy atom. The van der Waals surface area contributed by atoms with E-state index in [1.807, 2.05) is 50.5 Å². The first-order valence-corrected chi connectivity index (χ1v) is 11.6. The average Bonchev–Trinajstić information content (AvgIpc) is 2.84. The van der Waals surface area contributed by atoms with E-state index in [1.165, 1.54) is 22.3 Å². The molecule has 0 aliphatic rings. The Bertz CT molecular complexity index is 1030. The number of hydrogen-bond acceptors (Lipinski definition) is 3. The van der Waals surface area contributed by atoms with Crippen LogP contribution in [0.4, 0.5) is 5.69 Å². The molecule has 0 unspecified atom stereocenters. The van der Waals surface area contributed by atoms with Crippen LogP contribution in [-0.4, -0.2) is 38.1 Å². The molecule has 0 radical (unpaired) electrons. The fraction of sp³-hybridized carbons (Fsp3) is 0.276. The summed E-state index contributed by atoms with van der Waals surface area (Å²) in [6.45, 7) is 3.67. The van der Waals surface area contributed by atoms with Crippen molar-refractivity contribution in [2.75, 3.05) is 32.6 Å². The zero-order chi connectivity index (χ0) is 23.5. The number of likely N-dealkylation sites (N-methyl/N-ethyl adjacent to an activating group) is 1. The number of rotatable bonds is 11. The third-order valence-electron chi connectivity index (χ3n) is 5.51. The van der Waals surface area contributed by atoms with Gasteiger partial charge in [0.25, 0.3) is 0 Å². The molecule has 3 aromatic carbocycles. The average molecular weight is 443 g/mol. The number of amides is 1. The number of carbonyl (C=O) groups is 1. The molecule has 0 aromatic heterocycles. The third kappa shape index (κ3) is 7.62. The Labute approximate surface area is 197 Å². The van der Waals surface area contributed by atoms with Crippen LogP contribution in [0.25, 0.3) is 11.1 Å². The molecule has 0 spiro atoms. The molecule has 0 aliphatic heterocycles. The lowest BCUT2D eigenvalue weighted by atomic mass is 9.90. The summed E-state index contributed by atoms with van der Waals surface area (Å²) < 4.78 is 5.73. The number of carbonyl (C=O) groups excluding carboxylic acids is 1. The van der Waals surface area contributed by atoms with Crippen LogP contribution in [0.15, 0.2) is 84.9 Å². The van der Waals surface area contributed by atoms with Crippen molar-refractivity contribution >= 4 is 22.7 Å². The quantitative estimate of drug-likeness (QED) is 0.351. The maximum absolute atomic E-state index is 12.8. The van der Waals surface area contributed by atoms with Gasteiger partial charge in [0.05, 0.1) is 0 Å². The molecule has 3 aromatic rings. The van der Waals surface area contributed by atoms with E-state index < -0.39 is 0 Å². The lowest BCUT2D eigenvalue weighted by molar-refractivity contribution is -0.116. The van der Waals surface area contributed by atoms with Crippen LogP contribution in [0.1, 0.15) is 37.3 Å². The topological polar surface area (TPSA) is 41.6 Å². The van der Waals surface area contributed by atoms with Crippen LogP contribution < -0.4 is 10.1 Å². The van der Waals surface area contributed by atoms with Crippen molar-refractivity contribution < 1.29 is 9.53 Å².